The zero-order valence-electron chi connectivity index (χ0n) is 21.3. The zero-order valence-corrected chi connectivity index (χ0v) is 21.3. The summed E-state index contributed by atoms with van der Waals surface area (Å²) >= 11 is 0. The van der Waals surface area contributed by atoms with E-state index in [4.69, 9.17) is 0 Å². The Balaban J connectivity index is 1.31. The highest BCUT2D eigenvalue weighted by Gasteiger charge is 2.57. The quantitative estimate of drug-likeness (QED) is 0.533. The van der Waals surface area contributed by atoms with Crippen LogP contribution in [0.25, 0.3) is 0 Å². The average Bonchev–Trinajstić information content (AvgIpc) is 2.65. The van der Waals surface area contributed by atoms with Gasteiger partial charge in [-0.05, 0) is 114 Å². The monoisotopic (exact) mass is 432 g/mol. The standard InChI is InChI=1S/C30H44N2/c1-19-7-21(3)27(22(4)8-19)16-31-29-12-25-11-26(13-29)15-30(14-25,18-29)32-17-28-23(5)9-20(2)10-24(28)6/h7-10,21,25-27,31-32H,11-18H2,1-6H3. The molecule has 4 bridgehead atoms. The number of benzene rings is 1. The molecule has 32 heavy (non-hydrogen) atoms. The Hall–Kier alpha value is -1.38. The second kappa shape index (κ2) is 8.13. The van der Waals surface area contributed by atoms with Gasteiger partial charge in [-0.25, -0.2) is 0 Å². The molecule has 2 N–H and O–H groups in total. The largest absolute Gasteiger partial charge is 0.311 e. The molecule has 5 aliphatic carbocycles. The van der Waals surface area contributed by atoms with Crippen LogP contribution in [0.1, 0.15) is 81.5 Å². The van der Waals surface area contributed by atoms with Crippen molar-refractivity contribution in [2.45, 2.75) is 97.7 Å². The number of hydrogen-bond acceptors (Lipinski definition) is 2. The van der Waals surface area contributed by atoms with Gasteiger partial charge in [0.2, 0.25) is 0 Å². The van der Waals surface area contributed by atoms with Gasteiger partial charge in [0, 0.05) is 24.2 Å². The third-order valence-electron chi connectivity index (χ3n) is 9.44. The minimum absolute atomic E-state index is 0.334. The number of aryl methyl sites for hydroxylation is 3. The van der Waals surface area contributed by atoms with E-state index in [1.807, 2.05) is 0 Å². The fraction of sp³-hybridized carbons (Fsp3) is 0.667. The molecule has 1 aromatic carbocycles. The number of hydrogen-bond donors (Lipinski definition) is 2. The average molecular weight is 433 g/mol. The summed E-state index contributed by atoms with van der Waals surface area (Å²) in [5, 5.41) is 8.39. The van der Waals surface area contributed by atoms with Crippen LogP contribution in [0.2, 0.25) is 0 Å². The van der Waals surface area contributed by atoms with E-state index in [9.17, 15) is 0 Å². The molecule has 5 aliphatic rings. The first-order valence-electron chi connectivity index (χ1n) is 13.1. The molecule has 174 valence electrons. The number of allylic oxidation sites excluding steroid dienone is 3. The third kappa shape index (κ3) is 4.14. The Kier molecular flexibility index (Phi) is 5.70. The van der Waals surface area contributed by atoms with Crippen molar-refractivity contribution in [1.82, 2.24) is 10.6 Å². The lowest BCUT2D eigenvalue weighted by atomic mass is 9.49. The normalized spacial score (nSPS) is 38.1. The molecular weight excluding hydrogens is 388 g/mol. The molecule has 0 radical (unpaired) electrons. The third-order valence-corrected chi connectivity index (χ3v) is 9.44. The van der Waals surface area contributed by atoms with E-state index < -0.39 is 0 Å². The fourth-order valence-corrected chi connectivity index (χ4v) is 8.57. The molecule has 4 unspecified atom stereocenters. The van der Waals surface area contributed by atoms with Crippen molar-refractivity contribution in [2.75, 3.05) is 6.54 Å². The van der Waals surface area contributed by atoms with Gasteiger partial charge in [0.1, 0.15) is 0 Å². The predicted molar refractivity (Wildman–Crippen MR) is 136 cm³/mol. The molecule has 4 saturated carbocycles. The van der Waals surface area contributed by atoms with Crippen molar-refractivity contribution < 1.29 is 0 Å². The Morgan fingerprint density at radius 2 is 1.47 bits per heavy atom. The number of rotatable bonds is 6. The highest BCUT2D eigenvalue weighted by atomic mass is 15.1. The van der Waals surface area contributed by atoms with Crippen molar-refractivity contribution in [3.8, 4) is 0 Å². The fourth-order valence-electron chi connectivity index (χ4n) is 8.57. The molecule has 0 spiro atoms. The van der Waals surface area contributed by atoms with Crippen LogP contribution in [-0.2, 0) is 6.54 Å². The highest BCUT2D eigenvalue weighted by Crippen LogP contribution is 2.57. The topological polar surface area (TPSA) is 24.1 Å². The lowest BCUT2D eigenvalue weighted by Gasteiger charge is -2.63. The van der Waals surface area contributed by atoms with E-state index >= 15 is 0 Å². The summed E-state index contributed by atoms with van der Waals surface area (Å²) in [6.07, 6.45) is 13.2. The van der Waals surface area contributed by atoms with Crippen molar-refractivity contribution in [3.63, 3.8) is 0 Å². The van der Waals surface area contributed by atoms with Crippen molar-refractivity contribution in [2.24, 2.45) is 23.7 Å². The van der Waals surface area contributed by atoms with Crippen molar-refractivity contribution >= 4 is 0 Å². The van der Waals surface area contributed by atoms with Crippen molar-refractivity contribution in [3.05, 3.63) is 57.7 Å². The van der Waals surface area contributed by atoms with Crippen molar-refractivity contribution in [1.29, 1.82) is 0 Å². The minimum Gasteiger partial charge on any atom is -0.311 e. The molecule has 0 heterocycles. The summed E-state index contributed by atoms with van der Waals surface area (Å²) in [7, 11) is 0. The molecule has 1 aromatic rings. The first-order chi connectivity index (χ1) is 15.2. The van der Waals surface area contributed by atoms with Crippen LogP contribution in [0.5, 0.6) is 0 Å². The molecule has 2 heteroatoms. The van der Waals surface area contributed by atoms with E-state index in [0.717, 1.165) is 24.9 Å². The maximum absolute atomic E-state index is 4.22. The van der Waals surface area contributed by atoms with E-state index in [1.54, 1.807) is 5.57 Å². The van der Waals surface area contributed by atoms with Gasteiger partial charge in [-0.2, -0.15) is 0 Å². The molecule has 0 aromatic heterocycles. The lowest BCUT2D eigenvalue weighted by Crippen LogP contribution is -2.68. The van der Waals surface area contributed by atoms with Gasteiger partial charge in [0.05, 0.1) is 0 Å². The Morgan fingerprint density at radius 1 is 0.875 bits per heavy atom. The summed E-state index contributed by atoms with van der Waals surface area (Å²) in [6, 6.07) is 4.70. The van der Waals surface area contributed by atoms with Crippen LogP contribution in [0.3, 0.4) is 0 Å². The Morgan fingerprint density at radius 3 is 2.06 bits per heavy atom. The summed E-state index contributed by atoms with van der Waals surface area (Å²) in [4.78, 5) is 0. The van der Waals surface area contributed by atoms with Gasteiger partial charge in [-0.15, -0.1) is 0 Å². The summed E-state index contributed by atoms with van der Waals surface area (Å²) < 4.78 is 0. The van der Waals surface area contributed by atoms with Crippen LogP contribution in [0.4, 0.5) is 0 Å². The van der Waals surface area contributed by atoms with E-state index in [2.05, 4.69) is 76.5 Å². The summed E-state index contributed by atoms with van der Waals surface area (Å²) in [5.41, 5.74) is 9.48. The molecule has 0 saturated heterocycles. The van der Waals surface area contributed by atoms with E-state index in [0.29, 0.717) is 22.9 Å². The molecule has 2 nitrogen and oxygen atoms in total. The van der Waals surface area contributed by atoms with Crippen LogP contribution in [0, 0.1) is 44.4 Å². The first-order valence-corrected chi connectivity index (χ1v) is 13.1. The maximum Gasteiger partial charge on any atom is 0.0215 e. The molecule has 4 fully saturated rings. The Labute approximate surface area is 196 Å². The van der Waals surface area contributed by atoms with Gasteiger partial charge in [0.15, 0.2) is 0 Å². The predicted octanol–water partition coefficient (Wildman–Crippen LogP) is 6.54. The van der Waals surface area contributed by atoms with Crippen LogP contribution < -0.4 is 10.6 Å². The SMILES string of the molecule is CC1=CC(C)C(CNC23CC4CC(CC(NCc5c(C)cc(C)cc5C)(C4)C2)C3)C(C)=C1. The minimum atomic E-state index is 0.334. The molecule has 0 aliphatic heterocycles. The number of nitrogens with one attached hydrogen (secondary N) is 2. The molecule has 0 amide bonds. The summed E-state index contributed by atoms with van der Waals surface area (Å²) in [6.45, 7) is 15.9. The van der Waals surface area contributed by atoms with Gasteiger partial charge in [0.25, 0.3) is 0 Å². The Bertz CT molecular complexity index is 915. The van der Waals surface area contributed by atoms with Gasteiger partial charge in [-0.3, -0.25) is 0 Å². The highest BCUT2D eigenvalue weighted by molar-refractivity contribution is 5.37. The lowest BCUT2D eigenvalue weighted by molar-refractivity contribution is -0.0539. The van der Waals surface area contributed by atoms with Crippen LogP contribution in [0.15, 0.2) is 35.4 Å². The molecule has 6 rings (SSSR count). The van der Waals surface area contributed by atoms with E-state index in [-0.39, 0.29) is 0 Å². The molecular formula is C30H44N2. The van der Waals surface area contributed by atoms with E-state index in [1.165, 1.54) is 66.4 Å². The smallest absolute Gasteiger partial charge is 0.0215 e. The van der Waals surface area contributed by atoms with Crippen LogP contribution >= 0.6 is 0 Å². The second-order valence-electron chi connectivity index (χ2n) is 12.4. The van der Waals surface area contributed by atoms with Crippen LogP contribution in [-0.4, -0.2) is 17.6 Å². The first kappa shape index (κ1) is 22.4. The summed E-state index contributed by atoms with van der Waals surface area (Å²) in [5.74, 6) is 3.09. The molecule has 4 atom stereocenters. The second-order valence-corrected chi connectivity index (χ2v) is 12.4. The van der Waals surface area contributed by atoms with Gasteiger partial charge in [-0.1, -0.05) is 47.9 Å². The maximum atomic E-state index is 4.22. The zero-order chi connectivity index (χ0) is 22.7. The van der Waals surface area contributed by atoms with Gasteiger partial charge < -0.3 is 10.6 Å². The van der Waals surface area contributed by atoms with Gasteiger partial charge >= 0.3 is 0 Å².